The average molecular weight is 367 g/mol. The van der Waals surface area contributed by atoms with Gasteiger partial charge in [-0.2, -0.15) is 0 Å². The van der Waals surface area contributed by atoms with Crippen LogP contribution in [0, 0.1) is 11.6 Å². The van der Waals surface area contributed by atoms with Crippen molar-refractivity contribution >= 4 is 22.5 Å². The zero-order chi connectivity index (χ0) is 18.8. The summed E-state index contributed by atoms with van der Waals surface area (Å²) >= 11 is 0. The highest BCUT2D eigenvalue weighted by atomic mass is 19.1. The van der Waals surface area contributed by atoms with Crippen molar-refractivity contribution in [3.8, 4) is 0 Å². The first kappa shape index (κ1) is 17.4. The van der Waals surface area contributed by atoms with E-state index in [1.54, 1.807) is 29.2 Å². The number of halogens is 2. The number of carbonyl (C=O) groups excluding carboxylic acids is 1. The van der Waals surface area contributed by atoms with Gasteiger partial charge in [-0.1, -0.05) is 18.2 Å². The number of anilines is 1. The maximum Gasteiger partial charge on any atom is 0.257 e. The number of rotatable bonds is 4. The first-order chi connectivity index (χ1) is 13.1. The van der Waals surface area contributed by atoms with Crippen molar-refractivity contribution < 1.29 is 13.6 Å². The maximum atomic E-state index is 14.0. The Hall–Kier alpha value is -3.02. The normalized spacial score (nSPS) is 13.9. The van der Waals surface area contributed by atoms with Crippen LogP contribution in [0.1, 0.15) is 28.8 Å². The molecule has 0 unspecified atom stereocenters. The molecule has 1 saturated heterocycles. The second-order valence-electron chi connectivity index (χ2n) is 6.65. The zero-order valence-corrected chi connectivity index (χ0v) is 14.7. The zero-order valence-electron chi connectivity index (χ0n) is 14.7. The Balaban J connectivity index is 1.76. The molecule has 1 aliphatic rings. The van der Waals surface area contributed by atoms with Gasteiger partial charge in [-0.3, -0.25) is 9.78 Å². The number of hydrogen-bond donors (Lipinski definition) is 1. The van der Waals surface area contributed by atoms with E-state index in [2.05, 4.69) is 10.3 Å². The molecule has 2 heterocycles. The quantitative estimate of drug-likeness (QED) is 0.745. The number of benzene rings is 2. The molecule has 2 aromatic carbocycles. The van der Waals surface area contributed by atoms with E-state index in [4.69, 9.17) is 0 Å². The van der Waals surface area contributed by atoms with E-state index in [1.807, 2.05) is 0 Å². The molecule has 0 aliphatic carbocycles. The van der Waals surface area contributed by atoms with Crippen LogP contribution in [0.15, 0.2) is 48.7 Å². The van der Waals surface area contributed by atoms with Crippen molar-refractivity contribution in [1.82, 2.24) is 9.88 Å². The molecule has 6 heteroatoms. The minimum absolute atomic E-state index is 0.137. The molecule has 1 N–H and O–H groups in total. The minimum Gasteiger partial charge on any atom is -0.380 e. The summed E-state index contributed by atoms with van der Waals surface area (Å²) in [7, 11) is 0. The van der Waals surface area contributed by atoms with Crippen molar-refractivity contribution in [3.63, 3.8) is 0 Å². The molecule has 1 aromatic heterocycles. The van der Waals surface area contributed by atoms with Crippen LogP contribution in [0.25, 0.3) is 10.9 Å². The van der Waals surface area contributed by atoms with Gasteiger partial charge in [0, 0.05) is 36.8 Å². The Morgan fingerprint density at radius 1 is 1.11 bits per heavy atom. The van der Waals surface area contributed by atoms with E-state index >= 15 is 0 Å². The Kier molecular flexibility index (Phi) is 4.71. The van der Waals surface area contributed by atoms with E-state index in [-0.39, 0.29) is 18.3 Å². The monoisotopic (exact) mass is 367 g/mol. The molecule has 27 heavy (non-hydrogen) atoms. The molecule has 0 saturated carbocycles. The first-order valence-electron chi connectivity index (χ1n) is 8.98. The lowest BCUT2D eigenvalue weighted by Gasteiger charge is -2.19. The van der Waals surface area contributed by atoms with Gasteiger partial charge in [0.25, 0.3) is 5.91 Å². The van der Waals surface area contributed by atoms with Crippen LogP contribution in [-0.2, 0) is 6.54 Å². The summed E-state index contributed by atoms with van der Waals surface area (Å²) < 4.78 is 27.9. The number of likely N-dealkylation sites (tertiary alicyclic amines) is 1. The summed E-state index contributed by atoms with van der Waals surface area (Å²) in [6, 6.07) is 10.7. The fourth-order valence-corrected chi connectivity index (χ4v) is 3.43. The van der Waals surface area contributed by atoms with Crippen LogP contribution < -0.4 is 5.32 Å². The van der Waals surface area contributed by atoms with Gasteiger partial charge in [0.1, 0.15) is 11.6 Å². The SMILES string of the molecule is O=C(c1cnc2ccc(F)cc2c1NCc1ccccc1F)N1CCCC1. The van der Waals surface area contributed by atoms with Gasteiger partial charge < -0.3 is 10.2 Å². The van der Waals surface area contributed by atoms with Gasteiger partial charge in [-0.05, 0) is 37.1 Å². The lowest BCUT2D eigenvalue weighted by atomic mass is 10.1. The van der Waals surface area contributed by atoms with Crippen LogP contribution in [0.3, 0.4) is 0 Å². The predicted molar refractivity (Wildman–Crippen MR) is 101 cm³/mol. The molecule has 1 aliphatic heterocycles. The van der Waals surface area contributed by atoms with Crippen LogP contribution in [0.2, 0.25) is 0 Å². The summed E-state index contributed by atoms with van der Waals surface area (Å²) in [5.41, 5.74) is 1.91. The molecule has 0 atom stereocenters. The summed E-state index contributed by atoms with van der Waals surface area (Å²) in [4.78, 5) is 19.0. The molecule has 3 aromatic rings. The molecule has 4 nitrogen and oxygen atoms in total. The number of hydrogen-bond acceptors (Lipinski definition) is 3. The van der Waals surface area contributed by atoms with Crippen LogP contribution in [-0.4, -0.2) is 28.9 Å². The van der Waals surface area contributed by atoms with E-state index in [0.717, 1.165) is 12.8 Å². The lowest BCUT2D eigenvalue weighted by Crippen LogP contribution is -2.28. The second kappa shape index (κ2) is 7.31. The van der Waals surface area contributed by atoms with Gasteiger partial charge in [-0.25, -0.2) is 8.78 Å². The van der Waals surface area contributed by atoms with Gasteiger partial charge >= 0.3 is 0 Å². The van der Waals surface area contributed by atoms with Crippen LogP contribution >= 0.6 is 0 Å². The molecule has 138 valence electrons. The highest BCUT2D eigenvalue weighted by Crippen LogP contribution is 2.29. The van der Waals surface area contributed by atoms with E-state index in [1.165, 1.54) is 24.4 Å². The van der Waals surface area contributed by atoms with E-state index in [9.17, 15) is 13.6 Å². The number of fused-ring (bicyclic) bond motifs is 1. The Bertz CT molecular complexity index is 1000. The number of amides is 1. The third kappa shape index (κ3) is 3.47. The van der Waals surface area contributed by atoms with Crippen molar-refractivity contribution in [2.45, 2.75) is 19.4 Å². The van der Waals surface area contributed by atoms with Gasteiger partial charge in [0.2, 0.25) is 0 Å². The summed E-state index contributed by atoms with van der Waals surface area (Å²) in [5, 5.41) is 3.66. The largest absolute Gasteiger partial charge is 0.380 e. The standard InChI is InChI=1S/C21H19F2N3O/c22-15-7-8-19-16(11-15)20(25-12-14-5-1-2-6-18(14)23)17(13-24-19)21(27)26-9-3-4-10-26/h1-2,5-8,11,13H,3-4,9-10,12H2,(H,24,25). The molecule has 1 amide bonds. The number of nitrogens with zero attached hydrogens (tertiary/aromatic N) is 2. The van der Waals surface area contributed by atoms with E-state index in [0.29, 0.717) is 40.8 Å². The third-order valence-corrected chi connectivity index (χ3v) is 4.87. The molecule has 0 spiro atoms. The molecule has 0 bridgehead atoms. The predicted octanol–water partition coefficient (Wildman–Crippen LogP) is 4.36. The smallest absolute Gasteiger partial charge is 0.257 e. The first-order valence-corrected chi connectivity index (χ1v) is 8.98. The molecular weight excluding hydrogens is 348 g/mol. The summed E-state index contributed by atoms with van der Waals surface area (Å²) in [6.07, 6.45) is 3.46. The summed E-state index contributed by atoms with van der Waals surface area (Å²) in [6.45, 7) is 1.59. The topological polar surface area (TPSA) is 45.2 Å². The molecule has 0 radical (unpaired) electrons. The van der Waals surface area contributed by atoms with Gasteiger partial charge in [-0.15, -0.1) is 0 Å². The van der Waals surface area contributed by atoms with Crippen LogP contribution in [0.5, 0.6) is 0 Å². The lowest BCUT2D eigenvalue weighted by molar-refractivity contribution is 0.0793. The maximum absolute atomic E-state index is 14.0. The van der Waals surface area contributed by atoms with Crippen LogP contribution in [0.4, 0.5) is 14.5 Å². The number of nitrogens with one attached hydrogen (secondary N) is 1. The van der Waals surface area contributed by atoms with Crippen molar-refractivity contribution in [1.29, 1.82) is 0 Å². The Labute approximate surface area is 155 Å². The Morgan fingerprint density at radius 2 is 1.89 bits per heavy atom. The second-order valence-corrected chi connectivity index (χ2v) is 6.65. The minimum atomic E-state index is -0.413. The highest BCUT2D eigenvalue weighted by Gasteiger charge is 2.24. The number of carbonyl (C=O) groups is 1. The van der Waals surface area contributed by atoms with Crippen molar-refractivity contribution in [3.05, 3.63) is 71.4 Å². The number of pyridine rings is 1. The average Bonchev–Trinajstić information content (AvgIpc) is 3.21. The third-order valence-electron chi connectivity index (χ3n) is 4.87. The van der Waals surface area contributed by atoms with E-state index < -0.39 is 5.82 Å². The van der Waals surface area contributed by atoms with Gasteiger partial charge in [0.15, 0.2) is 0 Å². The summed E-state index contributed by atoms with van der Waals surface area (Å²) in [5.74, 6) is -0.881. The van der Waals surface area contributed by atoms with Gasteiger partial charge in [0.05, 0.1) is 16.8 Å². The number of aromatic nitrogens is 1. The molecule has 4 rings (SSSR count). The fourth-order valence-electron chi connectivity index (χ4n) is 3.43. The highest BCUT2D eigenvalue weighted by molar-refractivity contribution is 6.07. The molecular formula is C21H19F2N3O. The van der Waals surface area contributed by atoms with Crippen molar-refractivity contribution in [2.24, 2.45) is 0 Å². The molecule has 1 fully saturated rings. The van der Waals surface area contributed by atoms with Crippen molar-refractivity contribution in [2.75, 3.05) is 18.4 Å². The fraction of sp³-hybridized carbons (Fsp3) is 0.238. The Morgan fingerprint density at radius 3 is 2.67 bits per heavy atom.